The SMILES string of the molecule is CSc1ncc(C(=O)Nc2nc3ccc(F)cc3s2)n1-c1ccc(F)cc1. The van der Waals surface area contributed by atoms with E-state index in [9.17, 15) is 13.6 Å². The molecular formula is C18H12F2N4OS2. The minimum Gasteiger partial charge on any atom is -0.296 e. The Labute approximate surface area is 161 Å². The standard InChI is InChI=1S/C18H12F2N4OS2/c1-26-18-21-9-14(24(18)12-5-2-10(19)3-6-12)16(25)23-17-22-13-7-4-11(20)8-15(13)27-17/h2-9H,1H3,(H,22,23,25). The van der Waals surface area contributed by atoms with Crippen LogP contribution in [0.2, 0.25) is 0 Å². The summed E-state index contributed by atoms with van der Waals surface area (Å²) in [6.07, 6.45) is 3.30. The number of rotatable bonds is 4. The van der Waals surface area contributed by atoms with Gasteiger partial charge in [0.05, 0.1) is 16.4 Å². The molecule has 136 valence electrons. The molecule has 4 rings (SSSR count). The lowest BCUT2D eigenvalue weighted by molar-refractivity contribution is 0.102. The number of aromatic nitrogens is 3. The molecule has 0 aliphatic rings. The minimum atomic E-state index is -0.411. The van der Waals surface area contributed by atoms with Crippen LogP contribution in [0.25, 0.3) is 15.9 Å². The molecule has 9 heteroatoms. The first kappa shape index (κ1) is 17.6. The molecule has 4 aromatic rings. The van der Waals surface area contributed by atoms with Gasteiger partial charge in [0.15, 0.2) is 10.3 Å². The van der Waals surface area contributed by atoms with E-state index in [0.717, 1.165) is 0 Å². The summed E-state index contributed by atoms with van der Waals surface area (Å²) in [5.41, 5.74) is 1.51. The maximum Gasteiger partial charge on any atom is 0.276 e. The number of thioether (sulfide) groups is 1. The summed E-state index contributed by atoms with van der Waals surface area (Å²) in [6.45, 7) is 0. The highest BCUT2D eigenvalue weighted by molar-refractivity contribution is 7.98. The van der Waals surface area contributed by atoms with Crippen LogP contribution < -0.4 is 5.32 Å². The molecule has 0 spiro atoms. The summed E-state index contributed by atoms with van der Waals surface area (Å²) < 4.78 is 28.9. The fourth-order valence-corrected chi connectivity index (χ4v) is 4.02. The summed E-state index contributed by atoms with van der Waals surface area (Å²) in [7, 11) is 0. The summed E-state index contributed by atoms with van der Waals surface area (Å²) in [5.74, 6) is -1.13. The Kier molecular flexibility index (Phi) is 4.63. The second-order valence-electron chi connectivity index (χ2n) is 5.53. The first-order valence-corrected chi connectivity index (χ1v) is 9.84. The Morgan fingerprint density at radius 2 is 1.89 bits per heavy atom. The van der Waals surface area contributed by atoms with Crippen molar-refractivity contribution in [2.24, 2.45) is 0 Å². The van der Waals surface area contributed by atoms with E-state index in [1.165, 1.54) is 53.6 Å². The summed E-state index contributed by atoms with van der Waals surface area (Å²) in [4.78, 5) is 21.3. The van der Waals surface area contributed by atoms with E-state index >= 15 is 0 Å². The fraction of sp³-hybridized carbons (Fsp3) is 0.0556. The number of thiazole rings is 1. The molecule has 0 saturated carbocycles. The molecule has 2 aromatic heterocycles. The number of benzene rings is 2. The zero-order chi connectivity index (χ0) is 19.0. The van der Waals surface area contributed by atoms with Crippen molar-refractivity contribution in [3.05, 3.63) is 66.0 Å². The van der Waals surface area contributed by atoms with Crippen molar-refractivity contribution in [1.29, 1.82) is 0 Å². The summed E-state index contributed by atoms with van der Waals surface area (Å²) in [5, 5.41) is 3.68. The third-order valence-electron chi connectivity index (χ3n) is 3.80. The first-order valence-electron chi connectivity index (χ1n) is 7.80. The van der Waals surface area contributed by atoms with Gasteiger partial charge in [0, 0.05) is 5.69 Å². The zero-order valence-electron chi connectivity index (χ0n) is 13.9. The lowest BCUT2D eigenvalue weighted by atomic mass is 10.3. The Morgan fingerprint density at radius 1 is 1.15 bits per heavy atom. The van der Waals surface area contributed by atoms with Crippen molar-refractivity contribution in [2.45, 2.75) is 5.16 Å². The first-order chi connectivity index (χ1) is 13.0. The Hall–Kier alpha value is -2.78. The maximum atomic E-state index is 13.3. The zero-order valence-corrected chi connectivity index (χ0v) is 15.6. The molecule has 1 amide bonds. The van der Waals surface area contributed by atoms with Crippen LogP contribution in [-0.2, 0) is 0 Å². The van der Waals surface area contributed by atoms with Gasteiger partial charge in [-0.1, -0.05) is 23.1 Å². The van der Waals surface area contributed by atoms with Crippen molar-refractivity contribution in [2.75, 3.05) is 11.6 Å². The van der Waals surface area contributed by atoms with Gasteiger partial charge in [-0.15, -0.1) is 0 Å². The summed E-state index contributed by atoms with van der Waals surface area (Å²) in [6, 6.07) is 10.1. The molecule has 1 N–H and O–H groups in total. The number of hydrogen-bond acceptors (Lipinski definition) is 5. The van der Waals surface area contributed by atoms with Gasteiger partial charge in [-0.25, -0.2) is 18.7 Å². The molecule has 27 heavy (non-hydrogen) atoms. The van der Waals surface area contributed by atoms with Crippen molar-refractivity contribution < 1.29 is 13.6 Å². The predicted octanol–water partition coefficient (Wildman–Crippen LogP) is 4.73. The van der Waals surface area contributed by atoms with Crippen LogP contribution in [-0.4, -0.2) is 26.7 Å². The van der Waals surface area contributed by atoms with E-state index in [4.69, 9.17) is 0 Å². The Bertz CT molecular complexity index is 1140. The average molecular weight is 402 g/mol. The van der Waals surface area contributed by atoms with Crippen molar-refractivity contribution in [3.8, 4) is 5.69 Å². The predicted molar refractivity (Wildman–Crippen MR) is 103 cm³/mol. The topological polar surface area (TPSA) is 59.8 Å². The number of nitrogens with one attached hydrogen (secondary N) is 1. The molecule has 0 atom stereocenters. The quantitative estimate of drug-likeness (QED) is 0.501. The molecule has 0 aliphatic heterocycles. The number of carbonyl (C=O) groups excluding carboxylic acids is 1. The van der Waals surface area contributed by atoms with Crippen molar-refractivity contribution in [3.63, 3.8) is 0 Å². The highest BCUT2D eigenvalue weighted by atomic mass is 32.2. The van der Waals surface area contributed by atoms with E-state index in [2.05, 4.69) is 15.3 Å². The van der Waals surface area contributed by atoms with Crippen LogP contribution >= 0.6 is 23.1 Å². The van der Waals surface area contributed by atoms with Gasteiger partial charge in [-0.05, 0) is 48.7 Å². The highest BCUT2D eigenvalue weighted by Crippen LogP contribution is 2.28. The average Bonchev–Trinajstić information content (AvgIpc) is 3.25. The number of fused-ring (bicyclic) bond motifs is 1. The molecule has 2 heterocycles. The largest absolute Gasteiger partial charge is 0.296 e. The number of carbonyl (C=O) groups is 1. The van der Waals surface area contributed by atoms with Gasteiger partial charge in [-0.3, -0.25) is 14.7 Å². The molecule has 2 aromatic carbocycles. The third kappa shape index (κ3) is 3.43. The number of imidazole rings is 1. The number of anilines is 1. The molecule has 0 aliphatic carbocycles. The monoisotopic (exact) mass is 402 g/mol. The van der Waals surface area contributed by atoms with Crippen LogP contribution in [0.3, 0.4) is 0 Å². The molecule has 0 saturated heterocycles. The molecule has 0 radical (unpaired) electrons. The molecule has 5 nitrogen and oxygen atoms in total. The second kappa shape index (κ2) is 7.09. The minimum absolute atomic E-state index is 0.288. The highest BCUT2D eigenvalue weighted by Gasteiger charge is 2.19. The fourth-order valence-electron chi connectivity index (χ4n) is 2.59. The molecular weight excluding hydrogens is 390 g/mol. The van der Waals surface area contributed by atoms with E-state index in [1.54, 1.807) is 22.8 Å². The van der Waals surface area contributed by atoms with Crippen LogP contribution in [0.4, 0.5) is 13.9 Å². The van der Waals surface area contributed by atoms with Gasteiger partial charge < -0.3 is 0 Å². The van der Waals surface area contributed by atoms with E-state index in [-0.39, 0.29) is 17.3 Å². The third-order valence-corrected chi connectivity index (χ3v) is 5.39. The normalized spacial score (nSPS) is 11.1. The van der Waals surface area contributed by atoms with Gasteiger partial charge in [0.2, 0.25) is 0 Å². The second-order valence-corrected chi connectivity index (χ2v) is 7.33. The number of halogens is 2. The summed E-state index contributed by atoms with van der Waals surface area (Å²) >= 11 is 2.55. The number of hydrogen-bond donors (Lipinski definition) is 1. The number of amides is 1. The van der Waals surface area contributed by atoms with Crippen LogP contribution in [0, 0.1) is 11.6 Å². The Balaban J connectivity index is 1.69. The van der Waals surface area contributed by atoms with Gasteiger partial charge >= 0.3 is 0 Å². The van der Waals surface area contributed by atoms with Gasteiger partial charge in [0.1, 0.15) is 17.3 Å². The smallest absolute Gasteiger partial charge is 0.276 e. The van der Waals surface area contributed by atoms with Crippen LogP contribution in [0.5, 0.6) is 0 Å². The molecule has 0 fully saturated rings. The maximum absolute atomic E-state index is 13.3. The van der Waals surface area contributed by atoms with Crippen molar-refractivity contribution in [1.82, 2.24) is 14.5 Å². The van der Waals surface area contributed by atoms with Gasteiger partial charge in [-0.2, -0.15) is 0 Å². The van der Waals surface area contributed by atoms with E-state index in [0.29, 0.717) is 26.2 Å². The van der Waals surface area contributed by atoms with E-state index < -0.39 is 5.91 Å². The van der Waals surface area contributed by atoms with Gasteiger partial charge in [0.25, 0.3) is 5.91 Å². The van der Waals surface area contributed by atoms with Crippen LogP contribution in [0.1, 0.15) is 10.5 Å². The lowest BCUT2D eigenvalue weighted by Crippen LogP contribution is -2.16. The molecule has 0 bridgehead atoms. The van der Waals surface area contributed by atoms with Crippen molar-refractivity contribution >= 4 is 44.4 Å². The van der Waals surface area contributed by atoms with E-state index in [1.807, 2.05) is 6.26 Å². The Morgan fingerprint density at radius 3 is 2.63 bits per heavy atom. The lowest BCUT2D eigenvalue weighted by Gasteiger charge is -2.10. The molecule has 0 unspecified atom stereocenters. The number of nitrogens with zero attached hydrogens (tertiary/aromatic N) is 3. The van der Waals surface area contributed by atoms with Crippen LogP contribution in [0.15, 0.2) is 53.8 Å².